The second-order valence-corrected chi connectivity index (χ2v) is 5.76. The Morgan fingerprint density at radius 2 is 2.22 bits per heavy atom. The molecule has 2 heterocycles. The Kier molecular flexibility index (Phi) is 4.66. The van der Waals surface area contributed by atoms with Gasteiger partial charge in [0.2, 0.25) is 0 Å². The molecule has 98 valence electrons. The molecule has 2 aromatic rings. The fraction of sp³-hybridized carbons (Fsp3) is 0.500. The second-order valence-electron chi connectivity index (χ2n) is 4.68. The summed E-state index contributed by atoms with van der Waals surface area (Å²) in [6, 6.07) is 6.65. The third-order valence-electron chi connectivity index (χ3n) is 2.71. The molecule has 0 spiro atoms. The third-order valence-corrected chi connectivity index (χ3v) is 3.93. The van der Waals surface area contributed by atoms with Crippen molar-refractivity contribution >= 4 is 17.4 Å². The highest BCUT2D eigenvalue weighted by Crippen LogP contribution is 2.24. The molecule has 1 N–H and O–H groups in total. The van der Waals surface area contributed by atoms with Gasteiger partial charge in [-0.1, -0.05) is 26.8 Å². The van der Waals surface area contributed by atoms with E-state index in [1.165, 1.54) is 12.1 Å². The van der Waals surface area contributed by atoms with Crippen LogP contribution < -0.4 is 5.32 Å². The van der Waals surface area contributed by atoms with Gasteiger partial charge in [-0.05, 0) is 24.3 Å². The van der Waals surface area contributed by atoms with Gasteiger partial charge in [0.1, 0.15) is 10.7 Å². The predicted octanol–water partition coefficient (Wildman–Crippen LogP) is 3.33. The molecule has 0 fully saturated rings. The summed E-state index contributed by atoms with van der Waals surface area (Å²) in [5, 5.41) is 4.65. The first-order valence-electron chi connectivity index (χ1n) is 6.54. The summed E-state index contributed by atoms with van der Waals surface area (Å²) in [6.45, 7) is 7.41. The number of rotatable bonds is 6. The Labute approximate surface area is 113 Å². The second kappa shape index (κ2) is 6.25. The zero-order chi connectivity index (χ0) is 13.0. The topological polar surface area (TPSA) is 29.3 Å². The molecule has 0 radical (unpaired) electrons. The predicted molar refractivity (Wildman–Crippen MR) is 78.2 cm³/mol. The molecule has 0 saturated heterocycles. The van der Waals surface area contributed by atoms with E-state index in [0.29, 0.717) is 6.04 Å². The molecule has 2 aromatic heterocycles. The van der Waals surface area contributed by atoms with E-state index in [1.54, 1.807) is 0 Å². The minimum absolute atomic E-state index is 0.489. The Bertz CT molecular complexity index is 505. The summed E-state index contributed by atoms with van der Waals surface area (Å²) in [7, 11) is 0. The quantitative estimate of drug-likeness (QED) is 0.811. The fourth-order valence-electron chi connectivity index (χ4n) is 1.80. The van der Waals surface area contributed by atoms with E-state index in [9.17, 15) is 0 Å². The minimum Gasteiger partial charge on any atom is -0.309 e. The first-order valence-corrected chi connectivity index (χ1v) is 7.53. The SMILES string of the molecule is CCCSc1nc2ccccn2c1CNC(C)C. The highest BCUT2D eigenvalue weighted by Gasteiger charge is 2.11. The Morgan fingerprint density at radius 1 is 1.39 bits per heavy atom. The lowest BCUT2D eigenvalue weighted by Gasteiger charge is -2.09. The molecule has 0 amide bonds. The lowest BCUT2D eigenvalue weighted by molar-refractivity contribution is 0.574. The lowest BCUT2D eigenvalue weighted by Crippen LogP contribution is -2.23. The van der Waals surface area contributed by atoms with Crippen LogP contribution in [0, 0.1) is 0 Å². The van der Waals surface area contributed by atoms with Gasteiger partial charge in [0.05, 0.1) is 5.69 Å². The van der Waals surface area contributed by atoms with Gasteiger partial charge in [-0.15, -0.1) is 11.8 Å². The summed E-state index contributed by atoms with van der Waals surface area (Å²) in [4.78, 5) is 4.71. The van der Waals surface area contributed by atoms with E-state index in [2.05, 4.69) is 48.8 Å². The lowest BCUT2D eigenvalue weighted by atomic mass is 10.3. The summed E-state index contributed by atoms with van der Waals surface area (Å²) < 4.78 is 2.19. The van der Waals surface area contributed by atoms with Crippen LogP contribution in [0.2, 0.25) is 0 Å². The van der Waals surface area contributed by atoms with Crippen molar-refractivity contribution in [3.8, 4) is 0 Å². The van der Waals surface area contributed by atoms with Crippen molar-refractivity contribution in [2.45, 2.75) is 44.8 Å². The van der Waals surface area contributed by atoms with Crippen molar-refractivity contribution in [2.24, 2.45) is 0 Å². The van der Waals surface area contributed by atoms with Crippen LogP contribution in [0.3, 0.4) is 0 Å². The molecule has 0 aromatic carbocycles. The Hall–Kier alpha value is -1.00. The van der Waals surface area contributed by atoms with Crippen LogP contribution in [0.5, 0.6) is 0 Å². The molecule has 0 aliphatic heterocycles. The van der Waals surface area contributed by atoms with Crippen LogP contribution in [0.15, 0.2) is 29.4 Å². The number of imidazole rings is 1. The zero-order valence-corrected chi connectivity index (χ0v) is 12.1. The van der Waals surface area contributed by atoms with Gasteiger partial charge in [0.15, 0.2) is 0 Å². The first kappa shape index (κ1) is 13.4. The van der Waals surface area contributed by atoms with E-state index >= 15 is 0 Å². The molecular weight excluding hydrogens is 242 g/mol. The average Bonchev–Trinajstić information content (AvgIpc) is 2.71. The molecule has 0 aliphatic carbocycles. The van der Waals surface area contributed by atoms with E-state index in [1.807, 2.05) is 17.8 Å². The summed E-state index contributed by atoms with van der Waals surface area (Å²) >= 11 is 1.85. The molecule has 18 heavy (non-hydrogen) atoms. The molecule has 0 bridgehead atoms. The van der Waals surface area contributed by atoms with Gasteiger partial charge in [-0.3, -0.25) is 0 Å². The maximum atomic E-state index is 4.71. The number of aromatic nitrogens is 2. The molecule has 2 rings (SSSR count). The number of thioether (sulfide) groups is 1. The van der Waals surface area contributed by atoms with Crippen LogP contribution >= 0.6 is 11.8 Å². The molecule has 0 aliphatic rings. The fourth-order valence-corrected chi connectivity index (χ4v) is 2.69. The average molecular weight is 263 g/mol. The number of pyridine rings is 1. The van der Waals surface area contributed by atoms with E-state index < -0.39 is 0 Å². The summed E-state index contributed by atoms with van der Waals surface area (Å²) in [6.07, 6.45) is 3.27. The highest BCUT2D eigenvalue weighted by atomic mass is 32.2. The number of nitrogens with one attached hydrogen (secondary N) is 1. The molecule has 0 atom stereocenters. The van der Waals surface area contributed by atoms with Crippen LogP contribution in [0.4, 0.5) is 0 Å². The van der Waals surface area contributed by atoms with Gasteiger partial charge in [-0.2, -0.15) is 0 Å². The molecule has 0 unspecified atom stereocenters. The summed E-state index contributed by atoms with van der Waals surface area (Å²) in [5.74, 6) is 1.12. The standard InChI is InChI=1S/C14H21N3S/c1-4-9-18-14-12(10-15-11(2)3)17-8-6-5-7-13(17)16-14/h5-8,11,15H,4,9-10H2,1-3H3. The Morgan fingerprint density at radius 3 is 2.94 bits per heavy atom. The molecule has 3 nitrogen and oxygen atoms in total. The minimum atomic E-state index is 0.489. The smallest absolute Gasteiger partial charge is 0.138 e. The van der Waals surface area contributed by atoms with E-state index in [-0.39, 0.29) is 0 Å². The maximum Gasteiger partial charge on any atom is 0.138 e. The highest BCUT2D eigenvalue weighted by molar-refractivity contribution is 7.99. The number of hydrogen-bond acceptors (Lipinski definition) is 3. The number of nitrogens with zero attached hydrogens (tertiary/aromatic N) is 2. The van der Waals surface area contributed by atoms with Crippen LogP contribution in [-0.2, 0) is 6.54 Å². The maximum absolute atomic E-state index is 4.71. The normalized spacial score (nSPS) is 11.6. The number of hydrogen-bond donors (Lipinski definition) is 1. The summed E-state index contributed by atoms with van der Waals surface area (Å²) in [5.41, 5.74) is 2.31. The van der Waals surface area contributed by atoms with Crippen LogP contribution in [-0.4, -0.2) is 21.2 Å². The van der Waals surface area contributed by atoms with Crippen molar-refractivity contribution in [1.29, 1.82) is 0 Å². The van der Waals surface area contributed by atoms with Crippen LogP contribution in [0.25, 0.3) is 5.65 Å². The first-order chi connectivity index (χ1) is 8.72. The van der Waals surface area contributed by atoms with Crippen molar-refractivity contribution in [3.63, 3.8) is 0 Å². The van der Waals surface area contributed by atoms with Crippen molar-refractivity contribution in [2.75, 3.05) is 5.75 Å². The molecule has 0 saturated carbocycles. The number of fused-ring (bicyclic) bond motifs is 1. The molecular formula is C14H21N3S. The van der Waals surface area contributed by atoms with Crippen molar-refractivity contribution < 1.29 is 0 Å². The largest absolute Gasteiger partial charge is 0.309 e. The Balaban J connectivity index is 2.31. The zero-order valence-electron chi connectivity index (χ0n) is 11.3. The van der Waals surface area contributed by atoms with Crippen molar-refractivity contribution in [3.05, 3.63) is 30.1 Å². The monoisotopic (exact) mass is 263 g/mol. The van der Waals surface area contributed by atoms with Gasteiger partial charge in [-0.25, -0.2) is 4.98 Å². The molecule has 4 heteroatoms. The third kappa shape index (κ3) is 3.06. The van der Waals surface area contributed by atoms with Crippen molar-refractivity contribution in [1.82, 2.24) is 14.7 Å². The van der Waals surface area contributed by atoms with Gasteiger partial charge in [0, 0.05) is 18.8 Å². The van der Waals surface area contributed by atoms with E-state index in [0.717, 1.165) is 23.0 Å². The van der Waals surface area contributed by atoms with Gasteiger partial charge in [0.25, 0.3) is 0 Å². The van der Waals surface area contributed by atoms with Gasteiger partial charge < -0.3 is 9.72 Å². The van der Waals surface area contributed by atoms with E-state index in [4.69, 9.17) is 4.98 Å². The van der Waals surface area contributed by atoms with Crippen LogP contribution in [0.1, 0.15) is 32.9 Å². The van der Waals surface area contributed by atoms with Gasteiger partial charge >= 0.3 is 0 Å².